The van der Waals surface area contributed by atoms with Gasteiger partial charge in [-0.15, -0.1) is 0 Å². The monoisotopic (exact) mass is 294 g/mol. The summed E-state index contributed by atoms with van der Waals surface area (Å²) in [7, 11) is 0. The Morgan fingerprint density at radius 3 is 2.29 bits per heavy atom. The van der Waals surface area contributed by atoms with Crippen LogP contribution in [0.3, 0.4) is 0 Å². The summed E-state index contributed by atoms with van der Waals surface area (Å²) in [5.74, 6) is 0.202. The zero-order valence-electron chi connectivity index (χ0n) is 11.9. The minimum absolute atomic E-state index is 0.202. The smallest absolute Gasteiger partial charge is 0.392 e. The Balaban J connectivity index is 2.64. The molecular formula is C17H17F3O. The molecule has 0 bridgehead atoms. The lowest BCUT2D eigenvalue weighted by Gasteiger charge is -2.16. The molecule has 2 rings (SSSR count). The molecule has 0 fully saturated rings. The van der Waals surface area contributed by atoms with Gasteiger partial charge < -0.3 is 5.11 Å². The van der Waals surface area contributed by atoms with E-state index in [0.29, 0.717) is 5.56 Å². The summed E-state index contributed by atoms with van der Waals surface area (Å²) in [6.45, 7) is 3.58. The Kier molecular flexibility index (Phi) is 4.37. The third kappa shape index (κ3) is 3.45. The van der Waals surface area contributed by atoms with E-state index < -0.39 is 18.3 Å². The first-order valence-corrected chi connectivity index (χ1v) is 6.74. The van der Waals surface area contributed by atoms with Crippen LogP contribution in [0, 0.1) is 0 Å². The summed E-state index contributed by atoms with van der Waals surface area (Å²) >= 11 is 0. The van der Waals surface area contributed by atoms with Crippen LogP contribution in [0.1, 0.15) is 36.5 Å². The van der Waals surface area contributed by atoms with Gasteiger partial charge in [-0.3, -0.25) is 0 Å². The second-order valence-corrected chi connectivity index (χ2v) is 5.32. The molecule has 0 heterocycles. The lowest BCUT2D eigenvalue weighted by Crippen LogP contribution is -2.06. The van der Waals surface area contributed by atoms with Crippen molar-refractivity contribution < 1.29 is 18.3 Å². The van der Waals surface area contributed by atoms with Crippen molar-refractivity contribution in [3.05, 3.63) is 59.2 Å². The summed E-state index contributed by atoms with van der Waals surface area (Å²) in [5, 5.41) is 9.21. The summed E-state index contributed by atoms with van der Waals surface area (Å²) in [5.41, 5.74) is 1.77. The lowest BCUT2D eigenvalue weighted by molar-refractivity contribution is -0.137. The SMILES string of the molecule is CC(C)c1ccccc1-c1cc(CO)cc(C(F)(F)F)c1. The normalized spacial score (nSPS) is 12.0. The zero-order chi connectivity index (χ0) is 15.6. The minimum atomic E-state index is -4.42. The van der Waals surface area contributed by atoms with Gasteiger partial charge in [-0.2, -0.15) is 13.2 Å². The van der Waals surface area contributed by atoms with Crippen molar-refractivity contribution >= 4 is 0 Å². The minimum Gasteiger partial charge on any atom is -0.392 e. The van der Waals surface area contributed by atoms with Gasteiger partial charge >= 0.3 is 6.18 Å². The first-order valence-electron chi connectivity index (χ1n) is 6.74. The largest absolute Gasteiger partial charge is 0.416 e. The molecule has 112 valence electrons. The molecule has 0 radical (unpaired) electrons. The van der Waals surface area contributed by atoms with Gasteiger partial charge in [0, 0.05) is 0 Å². The molecule has 1 N–H and O–H groups in total. The molecule has 0 spiro atoms. The topological polar surface area (TPSA) is 20.2 Å². The highest BCUT2D eigenvalue weighted by atomic mass is 19.4. The standard InChI is InChI=1S/C17H17F3O/c1-11(2)15-5-3-4-6-16(15)13-7-12(10-21)8-14(9-13)17(18,19)20/h3-9,11,21H,10H2,1-2H3. The van der Waals surface area contributed by atoms with Gasteiger partial charge in [0.15, 0.2) is 0 Å². The number of hydrogen-bond acceptors (Lipinski definition) is 1. The van der Waals surface area contributed by atoms with Crippen molar-refractivity contribution in [2.75, 3.05) is 0 Å². The number of rotatable bonds is 3. The fourth-order valence-electron chi connectivity index (χ4n) is 2.37. The molecule has 0 aliphatic carbocycles. The Labute approximate surface area is 122 Å². The average Bonchev–Trinajstić information content (AvgIpc) is 2.45. The van der Waals surface area contributed by atoms with Gasteiger partial charge in [0.2, 0.25) is 0 Å². The van der Waals surface area contributed by atoms with E-state index in [0.717, 1.165) is 23.3 Å². The van der Waals surface area contributed by atoms with Crippen molar-refractivity contribution in [1.29, 1.82) is 0 Å². The molecule has 0 atom stereocenters. The summed E-state index contributed by atoms with van der Waals surface area (Å²) in [6.07, 6.45) is -4.42. The molecule has 0 unspecified atom stereocenters. The molecule has 0 saturated carbocycles. The van der Waals surface area contributed by atoms with E-state index in [9.17, 15) is 18.3 Å². The molecule has 0 saturated heterocycles. The molecule has 0 amide bonds. The van der Waals surface area contributed by atoms with Crippen molar-refractivity contribution in [3.63, 3.8) is 0 Å². The van der Waals surface area contributed by atoms with Crippen molar-refractivity contribution in [3.8, 4) is 11.1 Å². The van der Waals surface area contributed by atoms with Gasteiger partial charge in [0.05, 0.1) is 12.2 Å². The predicted molar refractivity (Wildman–Crippen MR) is 76.9 cm³/mol. The third-order valence-corrected chi connectivity index (χ3v) is 3.40. The molecule has 1 nitrogen and oxygen atoms in total. The molecule has 0 aliphatic rings. The van der Waals surface area contributed by atoms with Crippen LogP contribution in [-0.4, -0.2) is 5.11 Å². The van der Waals surface area contributed by atoms with E-state index in [2.05, 4.69) is 0 Å². The second kappa shape index (κ2) is 5.90. The summed E-state index contributed by atoms with van der Waals surface area (Å²) in [6, 6.07) is 11.1. The average molecular weight is 294 g/mol. The number of benzene rings is 2. The summed E-state index contributed by atoms with van der Waals surface area (Å²) in [4.78, 5) is 0. The van der Waals surface area contributed by atoms with Crippen LogP contribution in [0.25, 0.3) is 11.1 Å². The van der Waals surface area contributed by atoms with E-state index in [1.54, 1.807) is 12.1 Å². The quantitative estimate of drug-likeness (QED) is 0.845. The number of halogens is 3. The van der Waals surface area contributed by atoms with E-state index in [1.165, 1.54) is 0 Å². The van der Waals surface area contributed by atoms with Crippen LogP contribution >= 0.6 is 0 Å². The molecular weight excluding hydrogens is 277 g/mol. The van der Waals surface area contributed by atoms with Gasteiger partial charge in [0.25, 0.3) is 0 Å². The highest BCUT2D eigenvalue weighted by Crippen LogP contribution is 2.35. The first kappa shape index (κ1) is 15.6. The van der Waals surface area contributed by atoms with Crippen LogP contribution < -0.4 is 0 Å². The van der Waals surface area contributed by atoms with Crippen molar-refractivity contribution in [1.82, 2.24) is 0 Å². The van der Waals surface area contributed by atoms with Crippen molar-refractivity contribution in [2.24, 2.45) is 0 Å². The predicted octanol–water partition coefficient (Wildman–Crippen LogP) is 4.99. The Hall–Kier alpha value is -1.81. The maximum absolute atomic E-state index is 13.0. The maximum Gasteiger partial charge on any atom is 0.416 e. The number of alkyl halides is 3. The molecule has 0 aromatic heterocycles. The fraction of sp³-hybridized carbons (Fsp3) is 0.294. The Morgan fingerprint density at radius 2 is 1.71 bits per heavy atom. The van der Waals surface area contributed by atoms with Gasteiger partial charge in [0.1, 0.15) is 0 Å². The first-order chi connectivity index (χ1) is 9.82. The lowest BCUT2D eigenvalue weighted by atomic mass is 9.91. The molecule has 21 heavy (non-hydrogen) atoms. The van der Waals surface area contributed by atoms with E-state index in [4.69, 9.17) is 0 Å². The Bertz CT molecular complexity index is 630. The van der Waals surface area contributed by atoms with E-state index >= 15 is 0 Å². The third-order valence-electron chi connectivity index (χ3n) is 3.40. The molecule has 0 aliphatic heterocycles. The molecule has 4 heteroatoms. The van der Waals surface area contributed by atoms with E-state index in [-0.39, 0.29) is 11.5 Å². The van der Waals surface area contributed by atoms with Crippen LogP contribution in [0.15, 0.2) is 42.5 Å². The summed E-state index contributed by atoms with van der Waals surface area (Å²) < 4.78 is 38.9. The van der Waals surface area contributed by atoms with Gasteiger partial charge in [-0.25, -0.2) is 0 Å². The van der Waals surface area contributed by atoms with Crippen molar-refractivity contribution in [2.45, 2.75) is 32.5 Å². The van der Waals surface area contributed by atoms with Crippen LogP contribution in [0.4, 0.5) is 13.2 Å². The highest BCUT2D eigenvalue weighted by Gasteiger charge is 2.31. The highest BCUT2D eigenvalue weighted by molar-refractivity contribution is 5.69. The molecule has 2 aromatic rings. The van der Waals surface area contributed by atoms with Crippen LogP contribution in [0.2, 0.25) is 0 Å². The van der Waals surface area contributed by atoms with Gasteiger partial charge in [-0.05, 0) is 46.4 Å². The Morgan fingerprint density at radius 1 is 1.05 bits per heavy atom. The number of hydrogen-bond donors (Lipinski definition) is 1. The van der Waals surface area contributed by atoms with E-state index in [1.807, 2.05) is 32.0 Å². The maximum atomic E-state index is 13.0. The number of aliphatic hydroxyl groups excluding tert-OH is 1. The van der Waals surface area contributed by atoms with Gasteiger partial charge in [-0.1, -0.05) is 38.1 Å². The second-order valence-electron chi connectivity index (χ2n) is 5.32. The fourth-order valence-corrected chi connectivity index (χ4v) is 2.37. The van der Waals surface area contributed by atoms with Crippen LogP contribution in [0.5, 0.6) is 0 Å². The zero-order valence-corrected chi connectivity index (χ0v) is 11.9. The van der Waals surface area contributed by atoms with Crippen LogP contribution in [-0.2, 0) is 12.8 Å². The molecule has 2 aromatic carbocycles. The number of aliphatic hydroxyl groups is 1.